The molecule has 6 aromatic rings. The summed E-state index contributed by atoms with van der Waals surface area (Å²) in [5.41, 5.74) is 5.92. The van der Waals surface area contributed by atoms with Crippen LogP contribution in [0.3, 0.4) is 0 Å². The van der Waals surface area contributed by atoms with Crippen molar-refractivity contribution in [3.8, 4) is 22.7 Å². The summed E-state index contributed by atoms with van der Waals surface area (Å²) < 4.78 is 2.07. The third-order valence-corrected chi connectivity index (χ3v) is 10.7. The highest BCUT2D eigenvalue weighted by atomic mass is 28.3. The number of nitrogens with zero attached hydrogens (tertiary/aromatic N) is 3. The molecule has 3 heterocycles. The van der Waals surface area contributed by atoms with Gasteiger partial charge in [0.2, 0.25) is 0 Å². The molecule has 0 saturated carbocycles. The lowest BCUT2D eigenvalue weighted by atomic mass is 10.1. The minimum absolute atomic E-state index is 0.232. The zero-order valence-electron chi connectivity index (χ0n) is 21.3. The number of benzene rings is 3. The number of hydrogen-bond donors (Lipinski definition) is 1. The fourth-order valence-electron chi connectivity index (χ4n) is 5.18. The van der Waals surface area contributed by atoms with E-state index in [2.05, 4.69) is 79.2 Å². The number of hydrogen-bond acceptors (Lipinski definition) is 3. The van der Waals surface area contributed by atoms with Crippen LogP contribution in [0.15, 0.2) is 103 Å². The van der Waals surface area contributed by atoms with Crippen molar-refractivity contribution in [3.05, 3.63) is 109 Å². The number of aryl methyl sites for hydroxylation is 1. The van der Waals surface area contributed by atoms with Crippen molar-refractivity contribution < 1.29 is 5.11 Å². The number of aromatic hydroxyl groups is 1. The van der Waals surface area contributed by atoms with Gasteiger partial charge < -0.3 is 5.11 Å². The zero-order chi connectivity index (χ0) is 25.6. The van der Waals surface area contributed by atoms with Gasteiger partial charge in [0.1, 0.15) is 19.5 Å². The van der Waals surface area contributed by atoms with E-state index in [1.54, 1.807) is 6.07 Å². The molecule has 0 amide bonds. The summed E-state index contributed by atoms with van der Waals surface area (Å²) >= 11 is 0. The molecule has 37 heavy (non-hydrogen) atoms. The monoisotopic (exact) mass is 499 g/mol. The number of aromatic nitrogens is 3. The van der Waals surface area contributed by atoms with Gasteiger partial charge in [-0.2, -0.15) is 0 Å². The Morgan fingerprint density at radius 3 is 2.38 bits per heavy atom. The molecule has 0 saturated heterocycles. The maximum Gasteiger partial charge on any atom is 0.146 e. The van der Waals surface area contributed by atoms with Gasteiger partial charge in [-0.1, -0.05) is 73.7 Å². The fourth-order valence-corrected chi connectivity index (χ4v) is 7.45. The van der Waals surface area contributed by atoms with Crippen LogP contribution in [0, 0.1) is 0 Å². The summed E-state index contributed by atoms with van der Waals surface area (Å²) in [6.07, 6.45) is 2.84. The molecule has 0 spiro atoms. The standard InChI is InChI=1S/C32H29N3OSi/c1-4-22-19-23(21-24(20-22)37(2,3)31-15-9-10-18-33-31)27-17-16-26-25-11-5-6-12-28(25)35(32(26)34-27)29-13-7-8-14-30(29)36/h5-21,36H,4H2,1-3H3. The van der Waals surface area contributed by atoms with Crippen molar-refractivity contribution >= 4 is 40.5 Å². The summed E-state index contributed by atoms with van der Waals surface area (Å²) in [5.74, 6) is 0.232. The number of rotatable bonds is 5. The number of pyridine rings is 2. The minimum Gasteiger partial charge on any atom is -0.506 e. The Bertz CT molecular complexity index is 1760. The van der Waals surface area contributed by atoms with Crippen LogP contribution in [0.4, 0.5) is 0 Å². The number of phenolic OH excluding ortho intramolecular Hbond substituents is 1. The quantitative estimate of drug-likeness (QED) is 0.282. The van der Waals surface area contributed by atoms with E-state index >= 15 is 0 Å². The molecule has 0 fully saturated rings. The fraction of sp³-hybridized carbons (Fsp3) is 0.125. The molecule has 4 nitrogen and oxygen atoms in total. The smallest absolute Gasteiger partial charge is 0.146 e. The van der Waals surface area contributed by atoms with Gasteiger partial charge in [0.15, 0.2) is 0 Å². The summed E-state index contributed by atoms with van der Waals surface area (Å²) in [7, 11) is -2.00. The van der Waals surface area contributed by atoms with Crippen molar-refractivity contribution in [1.29, 1.82) is 0 Å². The van der Waals surface area contributed by atoms with Crippen LogP contribution in [0.5, 0.6) is 5.75 Å². The van der Waals surface area contributed by atoms with Crippen LogP contribution in [-0.4, -0.2) is 27.7 Å². The molecule has 5 heteroatoms. The van der Waals surface area contributed by atoms with Gasteiger partial charge in [0.05, 0.1) is 16.9 Å². The highest BCUT2D eigenvalue weighted by molar-refractivity contribution is 7.00. The Labute approximate surface area is 217 Å². The van der Waals surface area contributed by atoms with Gasteiger partial charge in [-0.05, 0) is 60.5 Å². The second-order valence-corrected chi connectivity index (χ2v) is 14.4. The van der Waals surface area contributed by atoms with Crippen molar-refractivity contribution in [3.63, 3.8) is 0 Å². The highest BCUT2D eigenvalue weighted by Gasteiger charge is 2.28. The Kier molecular flexibility index (Phi) is 5.65. The summed E-state index contributed by atoms with van der Waals surface area (Å²) in [4.78, 5) is 9.95. The Morgan fingerprint density at radius 2 is 1.59 bits per heavy atom. The Balaban J connectivity index is 1.58. The van der Waals surface area contributed by atoms with E-state index in [-0.39, 0.29) is 5.75 Å². The van der Waals surface area contributed by atoms with Gasteiger partial charge in [-0.15, -0.1) is 0 Å². The van der Waals surface area contributed by atoms with E-state index in [1.807, 2.05) is 42.6 Å². The normalized spacial score (nSPS) is 11.9. The SMILES string of the molecule is CCc1cc(-c2ccc3c4ccccc4n(-c4ccccc4O)c3n2)cc([Si](C)(C)c2ccccn2)c1. The molecule has 0 aliphatic carbocycles. The molecule has 182 valence electrons. The largest absolute Gasteiger partial charge is 0.506 e. The van der Waals surface area contributed by atoms with Gasteiger partial charge in [0, 0.05) is 27.8 Å². The van der Waals surface area contributed by atoms with E-state index in [1.165, 1.54) is 16.1 Å². The van der Waals surface area contributed by atoms with Gasteiger partial charge >= 0.3 is 0 Å². The molecule has 0 bridgehead atoms. The van der Waals surface area contributed by atoms with E-state index in [0.717, 1.165) is 45.3 Å². The molecular formula is C32H29N3OSi. The van der Waals surface area contributed by atoms with Crippen LogP contribution in [0.25, 0.3) is 38.9 Å². The van der Waals surface area contributed by atoms with Crippen molar-refractivity contribution in [2.75, 3.05) is 0 Å². The highest BCUT2D eigenvalue weighted by Crippen LogP contribution is 2.35. The van der Waals surface area contributed by atoms with E-state index < -0.39 is 8.07 Å². The predicted octanol–water partition coefficient (Wildman–Crippen LogP) is 6.33. The molecule has 6 rings (SSSR count). The minimum atomic E-state index is -2.00. The first-order valence-electron chi connectivity index (χ1n) is 12.7. The van der Waals surface area contributed by atoms with E-state index in [9.17, 15) is 5.11 Å². The van der Waals surface area contributed by atoms with E-state index in [0.29, 0.717) is 0 Å². The van der Waals surface area contributed by atoms with Crippen molar-refractivity contribution in [2.24, 2.45) is 0 Å². The topological polar surface area (TPSA) is 50.9 Å². The first-order chi connectivity index (χ1) is 18.0. The molecule has 0 aliphatic rings. The summed E-state index contributed by atoms with van der Waals surface area (Å²) in [5, 5.41) is 15.5. The van der Waals surface area contributed by atoms with Gasteiger partial charge in [-0.25, -0.2) is 4.98 Å². The second kappa shape index (κ2) is 9.02. The van der Waals surface area contributed by atoms with E-state index in [4.69, 9.17) is 9.97 Å². The van der Waals surface area contributed by atoms with Crippen LogP contribution in [-0.2, 0) is 6.42 Å². The maximum absolute atomic E-state index is 10.7. The van der Waals surface area contributed by atoms with Crippen LogP contribution >= 0.6 is 0 Å². The van der Waals surface area contributed by atoms with Crippen LogP contribution in [0.2, 0.25) is 13.1 Å². The van der Waals surface area contributed by atoms with Crippen LogP contribution < -0.4 is 10.5 Å². The third-order valence-electron chi connectivity index (χ3n) is 7.37. The van der Waals surface area contributed by atoms with Crippen molar-refractivity contribution in [2.45, 2.75) is 26.4 Å². The van der Waals surface area contributed by atoms with Gasteiger partial charge in [-0.3, -0.25) is 9.55 Å². The predicted molar refractivity (Wildman–Crippen MR) is 156 cm³/mol. The van der Waals surface area contributed by atoms with Gasteiger partial charge in [0.25, 0.3) is 0 Å². The lowest BCUT2D eigenvalue weighted by Gasteiger charge is -2.24. The molecule has 3 aromatic heterocycles. The molecule has 0 radical (unpaired) electrons. The molecule has 0 unspecified atom stereocenters. The average Bonchev–Trinajstić information content (AvgIpc) is 3.27. The molecule has 0 atom stereocenters. The Hall–Kier alpha value is -4.22. The molecule has 0 aliphatic heterocycles. The lowest BCUT2D eigenvalue weighted by molar-refractivity contribution is 0.473. The summed E-state index contributed by atoms with van der Waals surface area (Å²) in [6.45, 7) is 6.92. The summed E-state index contributed by atoms with van der Waals surface area (Å²) in [6, 6.07) is 33.1. The second-order valence-electron chi connectivity index (χ2n) is 10.0. The Morgan fingerprint density at radius 1 is 0.811 bits per heavy atom. The van der Waals surface area contributed by atoms with Crippen LogP contribution in [0.1, 0.15) is 12.5 Å². The first kappa shape index (κ1) is 23.2. The lowest BCUT2D eigenvalue weighted by Crippen LogP contribution is -2.54. The number of fused-ring (bicyclic) bond motifs is 3. The number of para-hydroxylation sites is 3. The first-order valence-corrected chi connectivity index (χ1v) is 15.7. The number of phenols is 1. The molecule has 3 aromatic carbocycles. The maximum atomic E-state index is 10.7. The average molecular weight is 500 g/mol. The third kappa shape index (κ3) is 3.92. The molecule has 1 N–H and O–H groups in total. The van der Waals surface area contributed by atoms with Crippen molar-refractivity contribution in [1.82, 2.24) is 14.5 Å². The molecular weight excluding hydrogens is 470 g/mol. The zero-order valence-corrected chi connectivity index (χ0v) is 22.3.